The van der Waals surface area contributed by atoms with Crippen molar-refractivity contribution >= 4 is 12.4 Å². The van der Waals surface area contributed by atoms with Gasteiger partial charge in [0.1, 0.15) is 11.6 Å². The number of nitrogens with one attached hydrogen (secondary N) is 1. The number of hydrogen-bond acceptors (Lipinski definition) is 3. The number of alkyl halides is 3. The van der Waals surface area contributed by atoms with Gasteiger partial charge < -0.3 is 14.8 Å². The van der Waals surface area contributed by atoms with Crippen LogP contribution in [0.25, 0.3) is 0 Å². The highest BCUT2D eigenvalue weighted by molar-refractivity contribution is 5.85. The monoisotopic (exact) mass is 445 g/mol. The Labute approximate surface area is 179 Å². The molecule has 0 saturated carbocycles. The molecule has 2 saturated heterocycles. The second kappa shape index (κ2) is 9.12. The average Bonchev–Trinajstić information content (AvgIpc) is 3.11. The molecule has 2 fully saturated rings. The topological polar surface area (TPSA) is 30.5 Å². The Balaban J connectivity index is 0.00000256. The zero-order chi connectivity index (χ0) is 20.5. The van der Waals surface area contributed by atoms with Gasteiger partial charge in [-0.05, 0) is 49.6 Å². The fourth-order valence-corrected chi connectivity index (χ4v) is 4.54. The molecule has 0 aliphatic carbocycles. The van der Waals surface area contributed by atoms with Crippen molar-refractivity contribution < 1.29 is 27.0 Å². The Bertz CT molecular complexity index is 849. The van der Waals surface area contributed by atoms with Crippen LogP contribution < -0.4 is 10.1 Å². The fourth-order valence-electron chi connectivity index (χ4n) is 4.54. The van der Waals surface area contributed by atoms with E-state index in [1.165, 1.54) is 12.1 Å². The molecule has 2 aromatic carbocycles. The SMILES string of the molecule is Cl.Fc1ccc(OCC(F)(F)F)c([C@@H]2CO[C@]3(CCCN[C@H]3c3ccccc3)C2)c1. The minimum atomic E-state index is -4.45. The average molecular weight is 446 g/mol. The van der Waals surface area contributed by atoms with Crippen LogP contribution in [0, 0.1) is 5.82 Å². The van der Waals surface area contributed by atoms with Gasteiger partial charge in [0.25, 0.3) is 0 Å². The third-order valence-electron chi connectivity index (χ3n) is 5.75. The summed E-state index contributed by atoms with van der Waals surface area (Å²) in [6.45, 7) is -0.218. The van der Waals surface area contributed by atoms with Crippen molar-refractivity contribution in [2.45, 2.75) is 43.0 Å². The minimum absolute atomic E-state index is 0. The van der Waals surface area contributed by atoms with Crippen molar-refractivity contribution in [3.05, 3.63) is 65.5 Å². The van der Waals surface area contributed by atoms with Crippen LogP contribution >= 0.6 is 12.4 Å². The van der Waals surface area contributed by atoms with E-state index in [1.54, 1.807) is 0 Å². The molecule has 4 rings (SSSR count). The number of rotatable bonds is 4. The van der Waals surface area contributed by atoms with Gasteiger partial charge in [-0.25, -0.2) is 4.39 Å². The first-order chi connectivity index (χ1) is 13.9. The second-order valence-corrected chi connectivity index (χ2v) is 7.76. The molecule has 0 aromatic heterocycles. The van der Waals surface area contributed by atoms with Crippen LogP contribution in [-0.4, -0.2) is 31.5 Å². The highest BCUT2D eigenvalue weighted by atomic mass is 35.5. The Morgan fingerprint density at radius 1 is 1.13 bits per heavy atom. The highest BCUT2D eigenvalue weighted by Crippen LogP contribution is 2.49. The summed E-state index contributed by atoms with van der Waals surface area (Å²) >= 11 is 0. The lowest BCUT2D eigenvalue weighted by molar-refractivity contribution is -0.153. The number of ether oxygens (including phenoxy) is 2. The van der Waals surface area contributed by atoms with Gasteiger partial charge in [-0.1, -0.05) is 30.3 Å². The Morgan fingerprint density at radius 2 is 1.90 bits per heavy atom. The van der Waals surface area contributed by atoms with Crippen molar-refractivity contribution in [1.82, 2.24) is 5.32 Å². The quantitative estimate of drug-likeness (QED) is 0.625. The molecule has 0 radical (unpaired) electrons. The molecule has 0 bridgehead atoms. The van der Waals surface area contributed by atoms with Gasteiger partial charge in [-0.15, -0.1) is 12.4 Å². The van der Waals surface area contributed by atoms with E-state index >= 15 is 0 Å². The van der Waals surface area contributed by atoms with E-state index in [1.807, 2.05) is 30.3 Å². The van der Waals surface area contributed by atoms with Crippen LogP contribution in [-0.2, 0) is 4.74 Å². The lowest BCUT2D eigenvalue weighted by atomic mass is 9.77. The van der Waals surface area contributed by atoms with Crippen LogP contribution in [0.3, 0.4) is 0 Å². The molecular formula is C22H24ClF4NO2. The predicted molar refractivity (Wildman–Crippen MR) is 108 cm³/mol. The molecule has 0 unspecified atom stereocenters. The van der Waals surface area contributed by atoms with E-state index < -0.39 is 24.2 Å². The van der Waals surface area contributed by atoms with Crippen LogP contribution in [0.4, 0.5) is 17.6 Å². The van der Waals surface area contributed by atoms with E-state index in [9.17, 15) is 17.6 Å². The Kier molecular flexibility index (Phi) is 6.95. The summed E-state index contributed by atoms with van der Waals surface area (Å²) in [6.07, 6.45) is -2.09. The van der Waals surface area contributed by atoms with Crippen LogP contribution in [0.1, 0.15) is 42.3 Å². The molecule has 3 atom stereocenters. The van der Waals surface area contributed by atoms with Gasteiger partial charge >= 0.3 is 6.18 Å². The van der Waals surface area contributed by atoms with Gasteiger partial charge in [0.15, 0.2) is 6.61 Å². The van der Waals surface area contributed by atoms with Crippen LogP contribution in [0.2, 0.25) is 0 Å². The van der Waals surface area contributed by atoms with Gasteiger partial charge in [0.2, 0.25) is 0 Å². The van der Waals surface area contributed by atoms with Crippen LogP contribution in [0.15, 0.2) is 48.5 Å². The highest BCUT2D eigenvalue weighted by Gasteiger charge is 2.49. The van der Waals surface area contributed by atoms with E-state index in [2.05, 4.69) is 5.32 Å². The zero-order valence-corrected chi connectivity index (χ0v) is 17.1. The largest absolute Gasteiger partial charge is 0.484 e. The third-order valence-corrected chi connectivity index (χ3v) is 5.75. The maximum atomic E-state index is 13.9. The lowest BCUT2D eigenvalue weighted by Crippen LogP contribution is -2.48. The molecule has 3 nitrogen and oxygen atoms in total. The summed E-state index contributed by atoms with van der Waals surface area (Å²) in [6, 6.07) is 13.6. The van der Waals surface area contributed by atoms with Gasteiger partial charge in [-0.2, -0.15) is 13.2 Å². The standard InChI is InChI=1S/C22H23F4NO2.ClH/c23-17-7-8-19(28-14-22(24,25)26)18(11-17)16-12-21(29-13-16)9-4-10-27-20(21)15-5-2-1-3-6-15;/h1-3,5-8,11,16,20,27H,4,9-10,12-14H2;1H/t16-,20-,21+;/m0./s1. The molecule has 2 heterocycles. The van der Waals surface area contributed by atoms with Gasteiger partial charge in [0, 0.05) is 11.5 Å². The maximum Gasteiger partial charge on any atom is 0.422 e. The molecule has 30 heavy (non-hydrogen) atoms. The summed E-state index contributed by atoms with van der Waals surface area (Å²) in [5.41, 5.74) is 1.07. The van der Waals surface area contributed by atoms with Crippen molar-refractivity contribution in [2.75, 3.05) is 19.8 Å². The van der Waals surface area contributed by atoms with Crippen LogP contribution in [0.5, 0.6) is 5.75 Å². The summed E-state index contributed by atoms with van der Waals surface area (Å²) in [4.78, 5) is 0. The molecule has 2 aromatic rings. The molecule has 2 aliphatic heterocycles. The summed E-state index contributed by atoms with van der Waals surface area (Å²) < 4.78 is 63.1. The molecule has 0 amide bonds. The van der Waals surface area contributed by atoms with E-state index in [0.717, 1.165) is 31.0 Å². The van der Waals surface area contributed by atoms with Crippen molar-refractivity contribution in [3.8, 4) is 5.75 Å². The van der Waals surface area contributed by atoms with Gasteiger partial charge in [-0.3, -0.25) is 0 Å². The second-order valence-electron chi connectivity index (χ2n) is 7.76. The number of hydrogen-bond donors (Lipinski definition) is 1. The molecule has 1 spiro atoms. The zero-order valence-electron chi connectivity index (χ0n) is 16.3. The first-order valence-corrected chi connectivity index (χ1v) is 9.78. The number of halogens is 5. The molecule has 1 N–H and O–H groups in total. The van der Waals surface area contributed by atoms with E-state index in [4.69, 9.17) is 9.47 Å². The van der Waals surface area contributed by atoms with Crippen molar-refractivity contribution in [2.24, 2.45) is 0 Å². The number of piperidine rings is 1. The van der Waals surface area contributed by atoms with Crippen molar-refractivity contribution in [3.63, 3.8) is 0 Å². The van der Waals surface area contributed by atoms with Gasteiger partial charge in [0.05, 0.1) is 18.2 Å². The molecule has 8 heteroatoms. The smallest absolute Gasteiger partial charge is 0.422 e. The summed E-state index contributed by atoms with van der Waals surface area (Å²) in [5, 5.41) is 3.53. The molecule has 2 aliphatic rings. The molecule has 164 valence electrons. The summed E-state index contributed by atoms with van der Waals surface area (Å²) in [5.74, 6) is -0.670. The minimum Gasteiger partial charge on any atom is -0.484 e. The number of benzene rings is 2. The predicted octanol–water partition coefficient (Wildman–Crippen LogP) is 5.56. The first-order valence-electron chi connectivity index (χ1n) is 9.78. The normalized spacial score (nSPS) is 26.4. The maximum absolute atomic E-state index is 13.9. The first kappa shape index (κ1) is 22.8. The third kappa shape index (κ3) is 4.90. The van der Waals surface area contributed by atoms with Crippen molar-refractivity contribution in [1.29, 1.82) is 0 Å². The lowest BCUT2D eigenvalue weighted by Gasteiger charge is -2.41. The van der Waals surface area contributed by atoms with E-state index in [0.29, 0.717) is 18.6 Å². The van der Waals surface area contributed by atoms with E-state index in [-0.39, 0.29) is 30.1 Å². The Morgan fingerprint density at radius 3 is 2.63 bits per heavy atom. The Hall–Kier alpha value is -1.83. The fraction of sp³-hybridized carbons (Fsp3) is 0.455. The molecular weight excluding hydrogens is 422 g/mol. The summed E-state index contributed by atoms with van der Waals surface area (Å²) in [7, 11) is 0.